The first kappa shape index (κ1) is 13.3. The second kappa shape index (κ2) is 5.26. The molecule has 1 aromatic carbocycles. The zero-order valence-electron chi connectivity index (χ0n) is 10.3. The number of halogens is 2. The van der Waals surface area contributed by atoms with E-state index in [1.807, 2.05) is 11.8 Å². The molecule has 0 heterocycles. The minimum atomic E-state index is -0.329. The van der Waals surface area contributed by atoms with Crippen molar-refractivity contribution in [1.29, 1.82) is 5.41 Å². The fourth-order valence-electron chi connectivity index (χ4n) is 2.00. The zero-order valence-corrected chi connectivity index (χ0v) is 11.9. The van der Waals surface area contributed by atoms with Gasteiger partial charge in [-0.05, 0) is 53.7 Å². The number of amidine groups is 1. The summed E-state index contributed by atoms with van der Waals surface area (Å²) < 4.78 is 14.6. The highest BCUT2D eigenvalue weighted by Gasteiger charge is 2.25. The summed E-state index contributed by atoms with van der Waals surface area (Å²) in [6, 6.07) is 3.41. The van der Waals surface area contributed by atoms with Gasteiger partial charge in [-0.15, -0.1) is 0 Å². The molecular formula is C13H17BrFN3. The van der Waals surface area contributed by atoms with Crippen LogP contribution < -0.4 is 10.6 Å². The van der Waals surface area contributed by atoms with Gasteiger partial charge in [-0.1, -0.05) is 0 Å². The highest BCUT2D eigenvalue weighted by molar-refractivity contribution is 9.10. The molecule has 0 amide bonds. The maximum absolute atomic E-state index is 14.3. The van der Waals surface area contributed by atoms with Gasteiger partial charge in [0.25, 0.3) is 0 Å². The van der Waals surface area contributed by atoms with Crippen LogP contribution >= 0.6 is 15.9 Å². The van der Waals surface area contributed by atoms with E-state index in [9.17, 15) is 4.39 Å². The van der Waals surface area contributed by atoms with Gasteiger partial charge in [0.05, 0.1) is 10.2 Å². The highest BCUT2D eigenvalue weighted by atomic mass is 79.9. The molecule has 98 valence electrons. The Balaban J connectivity index is 2.31. The third kappa shape index (κ3) is 2.66. The van der Waals surface area contributed by atoms with Gasteiger partial charge in [-0.3, -0.25) is 5.41 Å². The minimum Gasteiger partial charge on any atom is -0.384 e. The number of nitrogens with two attached hydrogens (primary N) is 1. The van der Waals surface area contributed by atoms with Crippen LogP contribution in [0, 0.1) is 17.1 Å². The van der Waals surface area contributed by atoms with Gasteiger partial charge in [0.15, 0.2) is 5.82 Å². The SMILES string of the molecule is CCN(CC1CC1)c1ccc(C(=N)N)c(Br)c1F. The highest BCUT2D eigenvalue weighted by Crippen LogP contribution is 2.34. The quantitative estimate of drug-likeness (QED) is 0.648. The van der Waals surface area contributed by atoms with Crippen molar-refractivity contribution in [3.8, 4) is 0 Å². The number of benzene rings is 1. The molecule has 0 saturated heterocycles. The van der Waals surface area contributed by atoms with E-state index in [0.29, 0.717) is 17.2 Å². The van der Waals surface area contributed by atoms with Crippen molar-refractivity contribution in [2.45, 2.75) is 19.8 Å². The Morgan fingerprint density at radius 3 is 2.72 bits per heavy atom. The summed E-state index contributed by atoms with van der Waals surface area (Å²) >= 11 is 3.19. The molecular weight excluding hydrogens is 297 g/mol. The van der Waals surface area contributed by atoms with Gasteiger partial charge in [0, 0.05) is 18.7 Å². The van der Waals surface area contributed by atoms with Crippen molar-refractivity contribution in [2.75, 3.05) is 18.0 Å². The van der Waals surface area contributed by atoms with Crippen molar-refractivity contribution < 1.29 is 4.39 Å². The smallest absolute Gasteiger partial charge is 0.161 e. The molecule has 1 aliphatic rings. The average molecular weight is 314 g/mol. The Morgan fingerprint density at radius 2 is 2.22 bits per heavy atom. The fourth-order valence-corrected chi connectivity index (χ4v) is 2.55. The average Bonchev–Trinajstić information content (AvgIpc) is 3.13. The van der Waals surface area contributed by atoms with E-state index in [0.717, 1.165) is 13.1 Å². The van der Waals surface area contributed by atoms with Crippen molar-refractivity contribution >= 4 is 27.5 Å². The van der Waals surface area contributed by atoms with Crippen LogP contribution in [-0.2, 0) is 0 Å². The lowest BCUT2D eigenvalue weighted by Gasteiger charge is -2.24. The lowest BCUT2D eigenvalue weighted by atomic mass is 10.1. The number of hydrogen-bond donors (Lipinski definition) is 2. The summed E-state index contributed by atoms with van der Waals surface area (Å²) in [5, 5.41) is 7.39. The number of nitrogen functional groups attached to an aromatic ring is 1. The van der Waals surface area contributed by atoms with Gasteiger partial charge in [-0.25, -0.2) is 4.39 Å². The molecule has 1 aliphatic carbocycles. The molecule has 2 rings (SSSR count). The van der Waals surface area contributed by atoms with Crippen LogP contribution in [0.25, 0.3) is 0 Å². The molecule has 1 saturated carbocycles. The monoisotopic (exact) mass is 313 g/mol. The second-order valence-electron chi connectivity index (χ2n) is 4.66. The second-order valence-corrected chi connectivity index (χ2v) is 5.45. The molecule has 1 fully saturated rings. The van der Waals surface area contributed by atoms with Crippen LogP contribution in [0.15, 0.2) is 16.6 Å². The molecule has 0 atom stereocenters. The fraction of sp³-hybridized carbons (Fsp3) is 0.462. The van der Waals surface area contributed by atoms with Gasteiger partial charge >= 0.3 is 0 Å². The number of rotatable bonds is 5. The van der Waals surface area contributed by atoms with Crippen molar-refractivity contribution in [1.82, 2.24) is 0 Å². The lowest BCUT2D eigenvalue weighted by Crippen LogP contribution is -2.26. The number of nitrogens with one attached hydrogen (secondary N) is 1. The normalized spacial score (nSPS) is 14.6. The number of anilines is 1. The first-order valence-electron chi connectivity index (χ1n) is 6.12. The van der Waals surface area contributed by atoms with Gasteiger partial charge in [0.2, 0.25) is 0 Å². The predicted molar refractivity (Wildman–Crippen MR) is 75.7 cm³/mol. The Kier molecular flexibility index (Phi) is 3.90. The maximum Gasteiger partial charge on any atom is 0.161 e. The molecule has 3 nitrogen and oxygen atoms in total. The van der Waals surface area contributed by atoms with Gasteiger partial charge in [-0.2, -0.15) is 0 Å². The van der Waals surface area contributed by atoms with Crippen LogP contribution in [0.5, 0.6) is 0 Å². The number of hydrogen-bond acceptors (Lipinski definition) is 2. The van der Waals surface area contributed by atoms with E-state index < -0.39 is 0 Å². The first-order chi connectivity index (χ1) is 8.54. The molecule has 0 radical (unpaired) electrons. The molecule has 0 spiro atoms. The molecule has 3 N–H and O–H groups in total. The molecule has 5 heteroatoms. The lowest BCUT2D eigenvalue weighted by molar-refractivity contribution is 0.607. The molecule has 0 bridgehead atoms. The predicted octanol–water partition coefficient (Wildman–Crippen LogP) is 3.11. The summed E-state index contributed by atoms with van der Waals surface area (Å²) in [7, 11) is 0. The van der Waals surface area contributed by atoms with E-state index in [1.54, 1.807) is 12.1 Å². The largest absolute Gasteiger partial charge is 0.384 e. The maximum atomic E-state index is 14.3. The van der Waals surface area contributed by atoms with Crippen LogP contribution in [0.2, 0.25) is 0 Å². The summed E-state index contributed by atoms with van der Waals surface area (Å²) in [6.45, 7) is 3.70. The topological polar surface area (TPSA) is 53.1 Å². The van der Waals surface area contributed by atoms with Crippen molar-refractivity contribution in [3.05, 3.63) is 28.0 Å². The van der Waals surface area contributed by atoms with Crippen LogP contribution in [0.3, 0.4) is 0 Å². The van der Waals surface area contributed by atoms with E-state index in [1.165, 1.54) is 12.8 Å². The van der Waals surface area contributed by atoms with Crippen LogP contribution in [0.4, 0.5) is 10.1 Å². The standard InChI is InChI=1S/C13H17BrFN3/c1-2-18(7-8-3-4-8)10-6-5-9(13(16)17)11(14)12(10)15/h5-6,8H,2-4,7H2,1H3,(H3,16,17). The van der Waals surface area contributed by atoms with Gasteiger partial charge in [0.1, 0.15) is 5.84 Å². The van der Waals surface area contributed by atoms with E-state index in [4.69, 9.17) is 11.1 Å². The summed E-state index contributed by atoms with van der Waals surface area (Å²) in [4.78, 5) is 2.04. The molecule has 0 aliphatic heterocycles. The first-order valence-corrected chi connectivity index (χ1v) is 6.91. The van der Waals surface area contributed by atoms with Crippen molar-refractivity contribution in [2.24, 2.45) is 11.7 Å². The Labute approximate surface area is 115 Å². The summed E-state index contributed by atoms with van der Waals surface area (Å²) in [5.74, 6) is 0.248. The Hall–Kier alpha value is -1.10. The minimum absolute atomic E-state index is 0.127. The third-order valence-corrected chi connectivity index (χ3v) is 4.03. The molecule has 0 aromatic heterocycles. The van der Waals surface area contributed by atoms with E-state index in [2.05, 4.69) is 15.9 Å². The number of nitrogens with zero attached hydrogens (tertiary/aromatic N) is 1. The van der Waals surface area contributed by atoms with E-state index in [-0.39, 0.29) is 16.1 Å². The van der Waals surface area contributed by atoms with Crippen LogP contribution in [0.1, 0.15) is 25.3 Å². The molecule has 18 heavy (non-hydrogen) atoms. The van der Waals surface area contributed by atoms with E-state index >= 15 is 0 Å². The van der Waals surface area contributed by atoms with Crippen LogP contribution in [-0.4, -0.2) is 18.9 Å². The molecule has 0 unspecified atom stereocenters. The molecule has 1 aromatic rings. The van der Waals surface area contributed by atoms with Crippen molar-refractivity contribution in [3.63, 3.8) is 0 Å². The Morgan fingerprint density at radius 1 is 1.56 bits per heavy atom. The summed E-state index contributed by atoms with van der Waals surface area (Å²) in [6.07, 6.45) is 2.48. The Bertz CT molecular complexity index is 472. The third-order valence-electron chi connectivity index (χ3n) is 3.25. The summed E-state index contributed by atoms with van der Waals surface area (Å²) in [5.41, 5.74) is 6.39. The van der Waals surface area contributed by atoms with Gasteiger partial charge < -0.3 is 10.6 Å². The zero-order chi connectivity index (χ0) is 13.3.